The fourth-order valence-electron chi connectivity index (χ4n) is 2.28. The number of nitrogens with two attached hydrogens (primary N) is 1. The van der Waals surface area contributed by atoms with Crippen LogP contribution in [-0.2, 0) is 0 Å². The molecule has 5 heteroatoms. The SMILES string of the molecule is COc1ccc2[nH]cc(C(=O)c3cc(Cl)ccc3N)c2c1. The van der Waals surface area contributed by atoms with Crippen molar-refractivity contribution in [3.63, 3.8) is 0 Å². The molecule has 3 aromatic rings. The minimum absolute atomic E-state index is 0.172. The Morgan fingerprint density at radius 1 is 1.19 bits per heavy atom. The minimum atomic E-state index is -0.172. The summed E-state index contributed by atoms with van der Waals surface area (Å²) in [5.41, 5.74) is 8.08. The topological polar surface area (TPSA) is 68.1 Å². The van der Waals surface area contributed by atoms with Crippen molar-refractivity contribution < 1.29 is 9.53 Å². The number of aromatic amines is 1. The number of ketones is 1. The first-order valence-electron chi connectivity index (χ1n) is 6.35. The van der Waals surface area contributed by atoms with E-state index in [0.717, 1.165) is 10.9 Å². The highest BCUT2D eigenvalue weighted by molar-refractivity contribution is 6.31. The molecule has 0 fully saturated rings. The number of nitrogen functional groups attached to an aromatic ring is 1. The Morgan fingerprint density at radius 2 is 2.00 bits per heavy atom. The number of hydrogen-bond donors (Lipinski definition) is 2. The molecule has 0 saturated heterocycles. The van der Waals surface area contributed by atoms with Crippen molar-refractivity contribution in [2.24, 2.45) is 0 Å². The number of hydrogen-bond acceptors (Lipinski definition) is 3. The third-order valence-corrected chi connectivity index (χ3v) is 3.63. The van der Waals surface area contributed by atoms with Crippen LogP contribution < -0.4 is 10.5 Å². The summed E-state index contributed by atoms with van der Waals surface area (Å²) >= 11 is 5.95. The zero-order chi connectivity index (χ0) is 15.0. The summed E-state index contributed by atoms with van der Waals surface area (Å²) in [7, 11) is 1.59. The lowest BCUT2D eigenvalue weighted by molar-refractivity contribution is 0.104. The number of benzene rings is 2. The summed E-state index contributed by atoms with van der Waals surface area (Å²) in [6.07, 6.45) is 1.67. The van der Waals surface area contributed by atoms with Gasteiger partial charge in [-0.2, -0.15) is 0 Å². The smallest absolute Gasteiger partial charge is 0.197 e. The van der Waals surface area contributed by atoms with Crippen molar-refractivity contribution in [3.8, 4) is 5.75 Å². The van der Waals surface area contributed by atoms with Crippen LogP contribution in [0.15, 0.2) is 42.6 Å². The molecule has 1 heterocycles. The van der Waals surface area contributed by atoms with Crippen molar-refractivity contribution in [1.29, 1.82) is 0 Å². The molecule has 2 aromatic carbocycles. The van der Waals surface area contributed by atoms with E-state index in [-0.39, 0.29) is 5.78 Å². The molecule has 106 valence electrons. The second kappa shape index (κ2) is 5.14. The van der Waals surface area contributed by atoms with E-state index < -0.39 is 0 Å². The zero-order valence-electron chi connectivity index (χ0n) is 11.3. The Hall–Kier alpha value is -2.46. The highest BCUT2D eigenvalue weighted by Crippen LogP contribution is 2.28. The number of rotatable bonds is 3. The average molecular weight is 301 g/mol. The third kappa shape index (κ3) is 2.34. The molecule has 0 aliphatic rings. The van der Waals surface area contributed by atoms with Gasteiger partial charge in [0.05, 0.1) is 7.11 Å². The van der Waals surface area contributed by atoms with Gasteiger partial charge in [0.2, 0.25) is 0 Å². The molecule has 21 heavy (non-hydrogen) atoms. The molecule has 0 spiro atoms. The maximum Gasteiger partial charge on any atom is 0.197 e. The highest BCUT2D eigenvalue weighted by atomic mass is 35.5. The summed E-state index contributed by atoms with van der Waals surface area (Å²) in [4.78, 5) is 15.8. The Labute approximate surface area is 126 Å². The van der Waals surface area contributed by atoms with Crippen LogP contribution in [-0.4, -0.2) is 17.9 Å². The summed E-state index contributed by atoms with van der Waals surface area (Å²) in [5, 5.41) is 1.27. The molecular formula is C16H13ClN2O2. The van der Waals surface area contributed by atoms with Gasteiger partial charge < -0.3 is 15.5 Å². The number of nitrogens with one attached hydrogen (secondary N) is 1. The Bertz CT molecular complexity index is 839. The monoisotopic (exact) mass is 300 g/mol. The van der Waals surface area contributed by atoms with E-state index in [1.807, 2.05) is 18.2 Å². The van der Waals surface area contributed by atoms with Crippen LogP contribution in [0.5, 0.6) is 5.75 Å². The normalized spacial score (nSPS) is 10.8. The van der Waals surface area contributed by atoms with Gasteiger partial charge >= 0.3 is 0 Å². The van der Waals surface area contributed by atoms with Crippen LogP contribution in [0.25, 0.3) is 10.9 Å². The molecule has 0 amide bonds. The van der Waals surface area contributed by atoms with Crippen LogP contribution >= 0.6 is 11.6 Å². The molecule has 0 radical (unpaired) electrons. The second-order valence-electron chi connectivity index (χ2n) is 4.67. The predicted octanol–water partition coefficient (Wildman–Crippen LogP) is 3.64. The zero-order valence-corrected chi connectivity index (χ0v) is 12.1. The van der Waals surface area contributed by atoms with Crippen LogP contribution in [0, 0.1) is 0 Å². The standard InChI is InChI=1S/C16H13ClN2O2/c1-21-10-3-5-15-11(7-10)13(8-19-15)16(20)12-6-9(17)2-4-14(12)18/h2-8,19H,18H2,1H3. The molecule has 0 aliphatic carbocycles. The summed E-state index contributed by atoms with van der Waals surface area (Å²) in [6, 6.07) is 10.4. The number of methoxy groups -OCH3 is 1. The van der Waals surface area contributed by atoms with Crippen LogP contribution in [0.3, 0.4) is 0 Å². The lowest BCUT2D eigenvalue weighted by Crippen LogP contribution is -2.04. The molecular weight excluding hydrogens is 288 g/mol. The van der Waals surface area contributed by atoms with E-state index in [2.05, 4.69) is 4.98 Å². The molecule has 1 aromatic heterocycles. The fraction of sp³-hybridized carbons (Fsp3) is 0.0625. The molecule has 4 nitrogen and oxygen atoms in total. The summed E-state index contributed by atoms with van der Waals surface area (Å²) in [6.45, 7) is 0. The second-order valence-corrected chi connectivity index (χ2v) is 5.11. The quantitative estimate of drug-likeness (QED) is 0.573. The maximum absolute atomic E-state index is 12.7. The van der Waals surface area contributed by atoms with Crippen molar-refractivity contribution in [3.05, 3.63) is 58.7 Å². The molecule has 0 aliphatic heterocycles. The number of H-pyrrole nitrogens is 1. The molecule has 0 saturated carbocycles. The van der Waals surface area contributed by atoms with Gasteiger partial charge in [-0.3, -0.25) is 4.79 Å². The van der Waals surface area contributed by atoms with Crippen LogP contribution in [0.1, 0.15) is 15.9 Å². The molecule has 3 N–H and O–H groups in total. The first kappa shape index (κ1) is 13.5. The van der Waals surface area contributed by atoms with E-state index in [1.165, 1.54) is 0 Å². The lowest BCUT2D eigenvalue weighted by atomic mass is 10.0. The van der Waals surface area contributed by atoms with Gasteiger partial charge in [0, 0.05) is 38.9 Å². The van der Waals surface area contributed by atoms with Gasteiger partial charge in [0.25, 0.3) is 0 Å². The van der Waals surface area contributed by atoms with Crippen molar-refractivity contribution >= 4 is 34.0 Å². The van der Waals surface area contributed by atoms with Gasteiger partial charge in [-0.1, -0.05) is 11.6 Å². The lowest BCUT2D eigenvalue weighted by Gasteiger charge is -2.05. The fourth-order valence-corrected chi connectivity index (χ4v) is 2.46. The average Bonchev–Trinajstić information content (AvgIpc) is 2.91. The number of aromatic nitrogens is 1. The molecule has 0 bridgehead atoms. The maximum atomic E-state index is 12.7. The first-order chi connectivity index (χ1) is 10.1. The molecule has 3 rings (SSSR count). The number of anilines is 1. The largest absolute Gasteiger partial charge is 0.497 e. The van der Waals surface area contributed by atoms with Gasteiger partial charge in [-0.15, -0.1) is 0 Å². The predicted molar refractivity (Wildman–Crippen MR) is 84.1 cm³/mol. The summed E-state index contributed by atoms with van der Waals surface area (Å²) < 4.78 is 5.20. The highest BCUT2D eigenvalue weighted by Gasteiger charge is 2.17. The van der Waals surface area contributed by atoms with Crippen molar-refractivity contribution in [2.75, 3.05) is 12.8 Å². The van der Waals surface area contributed by atoms with E-state index in [4.69, 9.17) is 22.1 Å². The van der Waals surface area contributed by atoms with Gasteiger partial charge in [-0.05, 0) is 36.4 Å². The van der Waals surface area contributed by atoms with Gasteiger partial charge in [-0.25, -0.2) is 0 Å². The summed E-state index contributed by atoms with van der Waals surface area (Å²) in [5.74, 6) is 0.518. The number of halogens is 1. The van der Waals surface area contributed by atoms with Crippen LogP contribution in [0.4, 0.5) is 5.69 Å². The van der Waals surface area contributed by atoms with Gasteiger partial charge in [0.1, 0.15) is 5.75 Å². The van der Waals surface area contributed by atoms with Gasteiger partial charge in [0.15, 0.2) is 5.78 Å². The van der Waals surface area contributed by atoms with Crippen molar-refractivity contribution in [2.45, 2.75) is 0 Å². The number of carbonyl (C=O) groups excluding carboxylic acids is 1. The van der Waals surface area contributed by atoms with E-state index in [1.54, 1.807) is 31.5 Å². The Balaban J connectivity index is 2.15. The Kier molecular flexibility index (Phi) is 3.31. The van der Waals surface area contributed by atoms with Crippen molar-refractivity contribution in [1.82, 2.24) is 4.98 Å². The number of carbonyl (C=O) groups is 1. The number of fused-ring (bicyclic) bond motifs is 1. The van der Waals surface area contributed by atoms with E-state index in [9.17, 15) is 4.79 Å². The van der Waals surface area contributed by atoms with Crippen LogP contribution in [0.2, 0.25) is 5.02 Å². The third-order valence-electron chi connectivity index (χ3n) is 3.39. The van der Waals surface area contributed by atoms with E-state index in [0.29, 0.717) is 27.6 Å². The molecule has 0 atom stereocenters. The number of ether oxygens (including phenoxy) is 1. The molecule has 0 unspecified atom stereocenters. The Morgan fingerprint density at radius 3 is 2.76 bits per heavy atom. The van der Waals surface area contributed by atoms with E-state index >= 15 is 0 Å². The first-order valence-corrected chi connectivity index (χ1v) is 6.73. The minimum Gasteiger partial charge on any atom is -0.497 e.